The molecule has 1 aromatic carbocycles. The van der Waals surface area contributed by atoms with Crippen molar-refractivity contribution in [2.75, 3.05) is 23.9 Å². The van der Waals surface area contributed by atoms with Gasteiger partial charge in [-0.05, 0) is 18.6 Å². The minimum absolute atomic E-state index is 0.0314. The Bertz CT molecular complexity index is 634. The van der Waals surface area contributed by atoms with Crippen LogP contribution in [-0.4, -0.2) is 43.9 Å². The summed E-state index contributed by atoms with van der Waals surface area (Å²) in [6, 6.07) is 2.33. The highest BCUT2D eigenvalue weighted by atomic mass is 32.2. The van der Waals surface area contributed by atoms with Gasteiger partial charge in [0, 0.05) is 13.1 Å². The zero-order chi connectivity index (χ0) is 14.9. The fraction of sp³-hybridized carbons (Fsp3) is 0.417. The number of carbonyl (C=O) groups excluding carboxylic acids is 1. The molecule has 1 unspecified atom stereocenters. The minimum Gasteiger partial charge on any atom is -0.324 e. The molecule has 1 aromatic rings. The van der Waals surface area contributed by atoms with Crippen molar-refractivity contribution in [1.82, 2.24) is 4.90 Å². The van der Waals surface area contributed by atoms with E-state index in [0.29, 0.717) is 6.42 Å². The lowest BCUT2D eigenvalue weighted by Gasteiger charge is -2.23. The summed E-state index contributed by atoms with van der Waals surface area (Å²) in [4.78, 5) is 13.1. The van der Waals surface area contributed by atoms with E-state index in [1.54, 1.807) is 0 Å². The molecule has 110 valence electrons. The SMILES string of the molecule is CN(C(=O)Nc1cccc(F)c1F)C1CCS(=O)(=O)C1. The number of urea groups is 1. The normalized spacial score (nSPS) is 20.6. The lowest BCUT2D eigenvalue weighted by atomic mass is 10.2. The Morgan fingerprint density at radius 3 is 2.70 bits per heavy atom. The van der Waals surface area contributed by atoms with E-state index >= 15 is 0 Å². The summed E-state index contributed by atoms with van der Waals surface area (Å²) in [7, 11) is -1.69. The average molecular weight is 304 g/mol. The third-order valence-corrected chi connectivity index (χ3v) is 5.02. The predicted octanol–water partition coefficient (Wildman–Crippen LogP) is 1.62. The van der Waals surface area contributed by atoms with Crippen molar-refractivity contribution in [1.29, 1.82) is 0 Å². The molecule has 8 heteroatoms. The number of anilines is 1. The van der Waals surface area contributed by atoms with Gasteiger partial charge in [0.1, 0.15) is 0 Å². The molecule has 1 atom stereocenters. The molecule has 20 heavy (non-hydrogen) atoms. The molecule has 0 aliphatic carbocycles. The number of hydrogen-bond acceptors (Lipinski definition) is 3. The van der Waals surface area contributed by atoms with E-state index in [1.807, 2.05) is 0 Å². The molecule has 5 nitrogen and oxygen atoms in total. The fourth-order valence-corrected chi connectivity index (χ4v) is 3.82. The Kier molecular flexibility index (Phi) is 3.94. The smallest absolute Gasteiger partial charge is 0.321 e. The molecule has 1 aliphatic rings. The maximum Gasteiger partial charge on any atom is 0.321 e. The molecule has 1 aliphatic heterocycles. The standard InChI is InChI=1S/C12H14F2N2O3S/c1-16(8-5-6-20(18,19)7-8)12(17)15-10-4-2-3-9(13)11(10)14/h2-4,8H,5-7H2,1H3,(H,15,17). The van der Waals surface area contributed by atoms with Gasteiger partial charge in [0.2, 0.25) is 0 Å². The summed E-state index contributed by atoms with van der Waals surface area (Å²) in [5, 5.41) is 2.23. The number of sulfone groups is 1. The first-order valence-corrected chi connectivity index (χ1v) is 7.80. The topological polar surface area (TPSA) is 66.5 Å². The first-order chi connectivity index (χ1) is 9.30. The first kappa shape index (κ1) is 14.7. The molecular weight excluding hydrogens is 290 g/mol. The quantitative estimate of drug-likeness (QED) is 0.903. The highest BCUT2D eigenvalue weighted by molar-refractivity contribution is 7.91. The van der Waals surface area contributed by atoms with E-state index in [9.17, 15) is 22.0 Å². The fourth-order valence-electron chi connectivity index (χ4n) is 2.05. The Morgan fingerprint density at radius 2 is 2.10 bits per heavy atom. The van der Waals surface area contributed by atoms with E-state index in [1.165, 1.54) is 24.1 Å². The van der Waals surface area contributed by atoms with Crippen molar-refractivity contribution in [3.63, 3.8) is 0 Å². The molecule has 2 rings (SSSR count). The van der Waals surface area contributed by atoms with Crippen LogP contribution < -0.4 is 5.32 Å². The van der Waals surface area contributed by atoms with E-state index < -0.39 is 33.5 Å². The van der Waals surface area contributed by atoms with Crippen LogP contribution in [0.4, 0.5) is 19.3 Å². The van der Waals surface area contributed by atoms with E-state index in [-0.39, 0.29) is 17.2 Å². The molecule has 1 fully saturated rings. The Labute approximate surface area is 115 Å². The molecular formula is C12H14F2N2O3S. The molecule has 0 aromatic heterocycles. The molecule has 0 saturated carbocycles. The second kappa shape index (κ2) is 5.35. The van der Waals surface area contributed by atoms with Crippen molar-refractivity contribution >= 4 is 21.6 Å². The van der Waals surface area contributed by atoms with Crippen LogP contribution in [0, 0.1) is 11.6 Å². The number of nitrogens with one attached hydrogen (secondary N) is 1. The second-order valence-corrected chi connectivity index (χ2v) is 6.93. The predicted molar refractivity (Wildman–Crippen MR) is 70.2 cm³/mol. The monoisotopic (exact) mass is 304 g/mol. The zero-order valence-corrected chi connectivity index (χ0v) is 11.6. The highest BCUT2D eigenvalue weighted by Crippen LogP contribution is 2.20. The Hall–Kier alpha value is -1.70. The molecule has 0 bridgehead atoms. The molecule has 2 amide bonds. The average Bonchev–Trinajstić information content (AvgIpc) is 2.74. The third kappa shape index (κ3) is 3.06. The zero-order valence-electron chi connectivity index (χ0n) is 10.8. The van der Waals surface area contributed by atoms with Crippen LogP contribution in [0.25, 0.3) is 0 Å². The summed E-state index contributed by atoms with van der Waals surface area (Å²) in [5.41, 5.74) is -0.275. The summed E-state index contributed by atoms with van der Waals surface area (Å²) in [6.07, 6.45) is 0.345. The van der Waals surface area contributed by atoms with Gasteiger partial charge < -0.3 is 10.2 Å². The summed E-state index contributed by atoms with van der Waals surface area (Å²) in [6.45, 7) is 0. The molecule has 1 saturated heterocycles. The lowest BCUT2D eigenvalue weighted by molar-refractivity contribution is 0.209. The molecule has 1 heterocycles. The van der Waals surface area contributed by atoms with Crippen molar-refractivity contribution in [2.45, 2.75) is 12.5 Å². The van der Waals surface area contributed by atoms with Crippen molar-refractivity contribution in [2.24, 2.45) is 0 Å². The van der Waals surface area contributed by atoms with Gasteiger partial charge in [-0.1, -0.05) is 6.07 Å². The number of nitrogens with zero attached hydrogens (tertiary/aromatic N) is 1. The van der Waals surface area contributed by atoms with Crippen LogP contribution >= 0.6 is 0 Å². The van der Waals surface area contributed by atoms with Gasteiger partial charge >= 0.3 is 6.03 Å². The summed E-state index contributed by atoms with van der Waals surface area (Å²) in [5.74, 6) is -2.28. The lowest BCUT2D eigenvalue weighted by Crippen LogP contribution is -2.40. The highest BCUT2D eigenvalue weighted by Gasteiger charge is 2.32. The second-order valence-electron chi connectivity index (χ2n) is 4.70. The molecule has 0 radical (unpaired) electrons. The summed E-state index contributed by atoms with van der Waals surface area (Å²) < 4.78 is 49.1. The number of rotatable bonds is 2. The summed E-state index contributed by atoms with van der Waals surface area (Å²) >= 11 is 0. The third-order valence-electron chi connectivity index (χ3n) is 3.27. The van der Waals surface area contributed by atoms with Gasteiger partial charge in [0.05, 0.1) is 17.2 Å². The largest absolute Gasteiger partial charge is 0.324 e. The maximum atomic E-state index is 13.4. The van der Waals surface area contributed by atoms with Crippen LogP contribution in [0.15, 0.2) is 18.2 Å². The van der Waals surface area contributed by atoms with Crippen molar-refractivity contribution < 1.29 is 22.0 Å². The van der Waals surface area contributed by atoms with Crippen LogP contribution in [-0.2, 0) is 9.84 Å². The van der Waals surface area contributed by atoms with Gasteiger partial charge in [0.25, 0.3) is 0 Å². The van der Waals surface area contributed by atoms with Crippen LogP contribution in [0.2, 0.25) is 0 Å². The van der Waals surface area contributed by atoms with Crippen LogP contribution in [0.1, 0.15) is 6.42 Å². The first-order valence-electron chi connectivity index (χ1n) is 5.98. The Morgan fingerprint density at radius 1 is 1.40 bits per heavy atom. The van der Waals surface area contributed by atoms with Crippen molar-refractivity contribution in [3.8, 4) is 0 Å². The molecule has 1 N–H and O–H groups in total. The van der Waals surface area contributed by atoms with E-state index in [4.69, 9.17) is 0 Å². The minimum atomic E-state index is -3.12. The van der Waals surface area contributed by atoms with E-state index in [2.05, 4.69) is 5.32 Å². The van der Waals surface area contributed by atoms with Gasteiger partial charge in [-0.2, -0.15) is 0 Å². The number of halogens is 2. The number of hydrogen-bond donors (Lipinski definition) is 1. The maximum absolute atomic E-state index is 13.4. The Balaban J connectivity index is 2.07. The van der Waals surface area contributed by atoms with Gasteiger partial charge in [-0.15, -0.1) is 0 Å². The van der Waals surface area contributed by atoms with Gasteiger partial charge in [-0.3, -0.25) is 0 Å². The van der Waals surface area contributed by atoms with E-state index in [0.717, 1.165) is 6.07 Å². The molecule has 0 spiro atoms. The number of carbonyl (C=O) groups is 1. The van der Waals surface area contributed by atoms with Crippen LogP contribution in [0.3, 0.4) is 0 Å². The van der Waals surface area contributed by atoms with Crippen LogP contribution in [0.5, 0.6) is 0 Å². The number of benzene rings is 1. The van der Waals surface area contributed by atoms with Gasteiger partial charge in [0.15, 0.2) is 21.5 Å². The number of amides is 2. The van der Waals surface area contributed by atoms with Crippen molar-refractivity contribution in [3.05, 3.63) is 29.8 Å². The van der Waals surface area contributed by atoms with Gasteiger partial charge in [-0.25, -0.2) is 22.0 Å².